The maximum absolute atomic E-state index is 12.7. The predicted molar refractivity (Wildman–Crippen MR) is 86.1 cm³/mol. The van der Waals surface area contributed by atoms with Gasteiger partial charge in [-0.2, -0.15) is 4.31 Å². The van der Waals surface area contributed by atoms with E-state index in [1.165, 1.54) is 10.4 Å². The highest BCUT2D eigenvalue weighted by Crippen LogP contribution is 2.22. The van der Waals surface area contributed by atoms with E-state index < -0.39 is 10.0 Å². The lowest BCUT2D eigenvalue weighted by atomic mass is 10.0. The smallest absolute Gasteiger partial charge is 0.246 e. The van der Waals surface area contributed by atoms with Gasteiger partial charge < -0.3 is 4.90 Å². The lowest BCUT2D eigenvalue weighted by Crippen LogP contribution is -2.50. The molecule has 0 radical (unpaired) electrons. The van der Waals surface area contributed by atoms with Gasteiger partial charge in [-0.1, -0.05) is 32.6 Å². The Morgan fingerprint density at radius 2 is 1.86 bits per heavy atom. The van der Waals surface area contributed by atoms with Gasteiger partial charge in [0.15, 0.2) is 0 Å². The van der Waals surface area contributed by atoms with E-state index in [9.17, 15) is 13.2 Å². The first-order chi connectivity index (χ1) is 10.4. The minimum absolute atomic E-state index is 0.154. The summed E-state index contributed by atoms with van der Waals surface area (Å²) in [5, 5.41) is 0. The predicted octanol–water partition coefficient (Wildman–Crippen LogP) is 1.83. The molecule has 22 heavy (non-hydrogen) atoms. The summed E-state index contributed by atoms with van der Waals surface area (Å²) in [4.78, 5) is 13.5. The fourth-order valence-corrected chi connectivity index (χ4v) is 3.94. The average molecular weight is 322 g/mol. The Balaban J connectivity index is 2.17. The zero-order valence-corrected chi connectivity index (χ0v) is 13.8. The standard InChI is InChI=1S/C16H22N2O3S/c1-4-16(19)17-8-10-18(11-9-17)22(20,21)15-7-5-6-14(12-15)13(2)3/h4-7,12-13H,1,8-11H2,2-3H3. The molecule has 1 fully saturated rings. The molecule has 0 atom stereocenters. The third kappa shape index (κ3) is 3.39. The van der Waals surface area contributed by atoms with Crippen LogP contribution in [0, 0.1) is 0 Å². The maximum Gasteiger partial charge on any atom is 0.246 e. The normalized spacial score (nSPS) is 16.8. The first kappa shape index (κ1) is 16.7. The number of sulfonamides is 1. The van der Waals surface area contributed by atoms with E-state index in [4.69, 9.17) is 0 Å². The largest absolute Gasteiger partial charge is 0.337 e. The molecule has 0 bridgehead atoms. The van der Waals surface area contributed by atoms with Crippen LogP contribution in [0.5, 0.6) is 0 Å². The minimum Gasteiger partial charge on any atom is -0.337 e. The number of carbonyl (C=O) groups is 1. The molecule has 1 saturated heterocycles. The van der Waals surface area contributed by atoms with Crippen LogP contribution >= 0.6 is 0 Å². The van der Waals surface area contributed by atoms with Crippen LogP contribution in [0.15, 0.2) is 41.8 Å². The van der Waals surface area contributed by atoms with Gasteiger partial charge in [0.1, 0.15) is 0 Å². The molecule has 0 spiro atoms. The Morgan fingerprint density at radius 3 is 2.41 bits per heavy atom. The summed E-state index contributed by atoms with van der Waals surface area (Å²) in [6.45, 7) is 8.94. The third-order valence-electron chi connectivity index (χ3n) is 3.89. The maximum atomic E-state index is 12.7. The molecule has 1 aromatic rings. The number of nitrogens with zero attached hydrogens (tertiary/aromatic N) is 2. The number of amides is 1. The minimum atomic E-state index is -3.50. The second-order valence-electron chi connectivity index (χ2n) is 5.66. The van der Waals surface area contributed by atoms with Crippen LogP contribution in [0.25, 0.3) is 0 Å². The van der Waals surface area contributed by atoms with Crippen molar-refractivity contribution in [3.63, 3.8) is 0 Å². The average Bonchev–Trinajstić information content (AvgIpc) is 2.54. The molecule has 0 unspecified atom stereocenters. The number of hydrogen-bond acceptors (Lipinski definition) is 3. The first-order valence-corrected chi connectivity index (χ1v) is 8.81. The molecule has 1 heterocycles. The van der Waals surface area contributed by atoms with Gasteiger partial charge in [0.05, 0.1) is 4.90 Å². The zero-order valence-electron chi connectivity index (χ0n) is 13.0. The third-order valence-corrected chi connectivity index (χ3v) is 5.78. The summed E-state index contributed by atoms with van der Waals surface area (Å²) in [5.74, 6) is 0.121. The first-order valence-electron chi connectivity index (χ1n) is 7.37. The van der Waals surface area contributed by atoms with E-state index in [0.717, 1.165) is 5.56 Å². The molecule has 1 aliphatic heterocycles. The molecule has 1 aliphatic rings. The lowest BCUT2D eigenvalue weighted by molar-refractivity contribution is -0.127. The van der Waals surface area contributed by atoms with E-state index in [2.05, 4.69) is 6.58 Å². The highest BCUT2D eigenvalue weighted by molar-refractivity contribution is 7.89. The van der Waals surface area contributed by atoms with Crippen LogP contribution in [0.3, 0.4) is 0 Å². The summed E-state index contributed by atoms with van der Waals surface area (Å²) < 4.78 is 26.9. The van der Waals surface area contributed by atoms with Crippen molar-refractivity contribution in [2.45, 2.75) is 24.7 Å². The molecule has 1 aromatic carbocycles. The Labute approximate surface area is 132 Å². The van der Waals surface area contributed by atoms with Gasteiger partial charge in [0.2, 0.25) is 15.9 Å². The summed E-state index contributed by atoms with van der Waals surface area (Å²) in [7, 11) is -3.50. The van der Waals surface area contributed by atoms with Crippen molar-refractivity contribution in [3.05, 3.63) is 42.5 Å². The quantitative estimate of drug-likeness (QED) is 0.795. The molecule has 5 nitrogen and oxygen atoms in total. The number of benzene rings is 1. The molecule has 0 aromatic heterocycles. The monoisotopic (exact) mass is 322 g/mol. The fourth-order valence-electron chi connectivity index (χ4n) is 2.46. The number of rotatable bonds is 4. The summed E-state index contributed by atoms with van der Waals surface area (Å²) in [5.41, 5.74) is 1.00. The highest BCUT2D eigenvalue weighted by Gasteiger charge is 2.29. The Hall–Kier alpha value is -1.66. The summed E-state index contributed by atoms with van der Waals surface area (Å²) >= 11 is 0. The lowest BCUT2D eigenvalue weighted by Gasteiger charge is -2.33. The SMILES string of the molecule is C=CC(=O)N1CCN(S(=O)(=O)c2cccc(C(C)C)c2)CC1. The van der Waals surface area contributed by atoms with Crippen molar-refractivity contribution in [2.75, 3.05) is 26.2 Å². The molecular formula is C16H22N2O3S. The van der Waals surface area contributed by atoms with Crippen molar-refractivity contribution in [1.82, 2.24) is 9.21 Å². The van der Waals surface area contributed by atoms with Crippen LogP contribution in [-0.2, 0) is 14.8 Å². The molecule has 120 valence electrons. The van der Waals surface area contributed by atoms with Crippen molar-refractivity contribution in [1.29, 1.82) is 0 Å². The van der Waals surface area contributed by atoms with Gasteiger partial charge in [-0.3, -0.25) is 4.79 Å². The second-order valence-corrected chi connectivity index (χ2v) is 7.60. The van der Waals surface area contributed by atoms with Gasteiger partial charge in [-0.05, 0) is 29.7 Å². The molecule has 1 amide bonds. The van der Waals surface area contributed by atoms with Gasteiger partial charge in [0, 0.05) is 26.2 Å². The van der Waals surface area contributed by atoms with Gasteiger partial charge in [-0.15, -0.1) is 0 Å². The number of piperazine rings is 1. The zero-order chi connectivity index (χ0) is 16.3. The van der Waals surface area contributed by atoms with Gasteiger partial charge >= 0.3 is 0 Å². The van der Waals surface area contributed by atoms with E-state index >= 15 is 0 Å². The summed E-state index contributed by atoms with van der Waals surface area (Å²) in [6, 6.07) is 7.08. The van der Waals surface area contributed by atoms with Crippen LogP contribution in [-0.4, -0.2) is 49.7 Å². The van der Waals surface area contributed by atoms with Crippen LogP contribution in [0.1, 0.15) is 25.3 Å². The molecule has 6 heteroatoms. The highest BCUT2D eigenvalue weighted by atomic mass is 32.2. The molecule has 2 rings (SSSR count). The molecule has 0 aliphatic carbocycles. The van der Waals surface area contributed by atoms with Crippen molar-refractivity contribution < 1.29 is 13.2 Å². The molecule has 0 N–H and O–H groups in total. The fraction of sp³-hybridized carbons (Fsp3) is 0.438. The number of carbonyl (C=O) groups excluding carboxylic acids is 1. The molecule has 0 saturated carbocycles. The van der Waals surface area contributed by atoms with Crippen molar-refractivity contribution >= 4 is 15.9 Å². The summed E-state index contributed by atoms with van der Waals surface area (Å²) in [6.07, 6.45) is 1.26. The van der Waals surface area contributed by atoms with E-state index in [0.29, 0.717) is 31.1 Å². The Kier molecular flexibility index (Phi) is 5.03. The van der Waals surface area contributed by atoms with Crippen molar-refractivity contribution in [2.24, 2.45) is 0 Å². The van der Waals surface area contributed by atoms with Crippen LogP contribution in [0.4, 0.5) is 0 Å². The molecular weight excluding hydrogens is 300 g/mol. The Morgan fingerprint density at radius 1 is 1.23 bits per heavy atom. The van der Waals surface area contributed by atoms with Crippen molar-refractivity contribution in [3.8, 4) is 0 Å². The topological polar surface area (TPSA) is 57.7 Å². The van der Waals surface area contributed by atoms with Crippen LogP contribution < -0.4 is 0 Å². The van der Waals surface area contributed by atoms with Gasteiger partial charge in [0.25, 0.3) is 0 Å². The second kappa shape index (κ2) is 6.62. The number of hydrogen-bond donors (Lipinski definition) is 0. The van der Waals surface area contributed by atoms with E-state index in [1.807, 2.05) is 19.9 Å². The van der Waals surface area contributed by atoms with E-state index in [1.54, 1.807) is 23.1 Å². The van der Waals surface area contributed by atoms with E-state index in [-0.39, 0.29) is 11.8 Å². The van der Waals surface area contributed by atoms with Crippen LogP contribution in [0.2, 0.25) is 0 Å². The Bertz CT molecular complexity index is 660. The van der Waals surface area contributed by atoms with Gasteiger partial charge in [-0.25, -0.2) is 8.42 Å².